The number of hydrogen-bond donors (Lipinski definition) is 0. The first-order valence-corrected chi connectivity index (χ1v) is 11.5. The number of likely N-dealkylation sites (tertiary alicyclic amines) is 1. The predicted molar refractivity (Wildman–Crippen MR) is 112 cm³/mol. The van der Waals surface area contributed by atoms with Gasteiger partial charge in [0.05, 0.1) is 12.4 Å². The molecule has 1 aromatic rings. The van der Waals surface area contributed by atoms with Crippen LogP contribution in [0.1, 0.15) is 58.8 Å². The molecule has 2 atom stereocenters. The van der Waals surface area contributed by atoms with Crippen LogP contribution >= 0.6 is 0 Å². The molecule has 1 aliphatic carbocycles. The van der Waals surface area contributed by atoms with Crippen molar-refractivity contribution in [2.75, 3.05) is 31.1 Å². The van der Waals surface area contributed by atoms with Gasteiger partial charge in [0.2, 0.25) is 17.8 Å². The second kappa shape index (κ2) is 8.58. The molecule has 1 aromatic heterocycles. The highest BCUT2D eigenvalue weighted by Crippen LogP contribution is 2.48. The molecular formula is C23H33F3N4O. The van der Waals surface area contributed by atoms with Gasteiger partial charge >= 0.3 is 0 Å². The fraction of sp³-hybridized carbons (Fsp3) is 0.783. The number of hydrogen-bond acceptors (Lipinski definition) is 4. The topological polar surface area (TPSA) is 49.3 Å². The van der Waals surface area contributed by atoms with Crippen LogP contribution in [0.2, 0.25) is 0 Å². The standard InChI is InChI=1S/C23H33F3N4O/c1-22(2)7-8-23(25,26)12-18(22)21(31)29-10-5-16(6-11-29)17-4-3-9-30(15-17)20-14-27-19(24)13-28-20/h13-14,16-18H,3-12,15H2,1-2H3. The summed E-state index contributed by atoms with van der Waals surface area (Å²) >= 11 is 0. The van der Waals surface area contributed by atoms with Crippen molar-refractivity contribution in [3.63, 3.8) is 0 Å². The van der Waals surface area contributed by atoms with E-state index in [0.29, 0.717) is 37.2 Å². The third kappa shape index (κ3) is 4.98. The summed E-state index contributed by atoms with van der Waals surface area (Å²) < 4.78 is 41.1. The Balaban J connectivity index is 1.34. The van der Waals surface area contributed by atoms with Gasteiger partial charge in [-0.15, -0.1) is 0 Å². The lowest BCUT2D eigenvalue weighted by atomic mass is 9.67. The van der Waals surface area contributed by atoms with Gasteiger partial charge in [0.1, 0.15) is 5.82 Å². The molecule has 0 spiro atoms. The summed E-state index contributed by atoms with van der Waals surface area (Å²) in [5, 5.41) is 0. The summed E-state index contributed by atoms with van der Waals surface area (Å²) in [7, 11) is 0. The van der Waals surface area contributed by atoms with E-state index in [4.69, 9.17) is 0 Å². The number of carbonyl (C=O) groups is 1. The van der Waals surface area contributed by atoms with E-state index in [9.17, 15) is 18.0 Å². The fourth-order valence-corrected chi connectivity index (χ4v) is 5.66. The lowest BCUT2D eigenvalue weighted by molar-refractivity contribution is -0.154. The van der Waals surface area contributed by atoms with Gasteiger partial charge in [-0.05, 0) is 49.4 Å². The van der Waals surface area contributed by atoms with Crippen molar-refractivity contribution >= 4 is 11.7 Å². The Morgan fingerprint density at radius 1 is 1.03 bits per heavy atom. The van der Waals surface area contributed by atoms with E-state index in [2.05, 4.69) is 14.9 Å². The Morgan fingerprint density at radius 3 is 2.45 bits per heavy atom. The van der Waals surface area contributed by atoms with Gasteiger partial charge in [0.15, 0.2) is 0 Å². The molecule has 4 rings (SSSR count). The van der Waals surface area contributed by atoms with Crippen molar-refractivity contribution in [1.29, 1.82) is 0 Å². The molecule has 1 amide bonds. The molecule has 0 bridgehead atoms. The number of piperidine rings is 2. The van der Waals surface area contributed by atoms with Crippen LogP contribution in [-0.2, 0) is 4.79 Å². The van der Waals surface area contributed by atoms with Crippen LogP contribution in [0, 0.1) is 29.1 Å². The Morgan fingerprint density at radius 2 is 1.77 bits per heavy atom. The number of carbonyl (C=O) groups excluding carboxylic acids is 1. The summed E-state index contributed by atoms with van der Waals surface area (Å²) in [4.78, 5) is 25.0. The first kappa shape index (κ1) is 22.3. The van der Waals surface area contributed by atoms with Gasteiger partial charge in [-0.1, -0.05) is 13.8 Å². The lowest BCUT2D eigenvalue weighted by Crippen LogP contribution is -2.50. The fourth-order valence-electron chi connectivity index (χ4n) is 5.66. The smallest absolute Gasteiger partial charge is 0.249 e. The molecule has 0 N–H and O–H groups in total. The maximum Gasteiger partial charge on any atom is 0.249 e. The monoisotopic (exact) mass is 438 g/mol. The number of alkyl halides is 2. The van der Waals surface area contributed by atoms with Crippen molar-refractivity contribution in [3.8, 4) is 0 Å². The van der Waals surface area contributed by atoms with Crippen molar-refractivity contribution in [2.24, 2.45) is 23.2 Å². The van der Waals surface area contributed by atoms with Crippen LogP contribution in [0.4, 0.5) is 19.0 Å². The first-order valence-electron chi connectivity index (χ1n) is 11.5. The highest BCUT2D eigenvalue weighted by molar-refractivity contribution is 5.80. The van der Waals surface area contributed by atoms with Crippen molar-refractivity contribution in [2.45, 2.75) is 64.7 Å². The summed E-state index contributed by atoms with van der Waals surface area (Å²) in [5.74, 6) is -2.30. The average molecular weight is 439 g/mol. The van der Waals surface area contributed by atoms with E-state index < -0.39 is 17.8 Å². The summed E-state index contributed by atoms with van der Waals surface area (Å²) in [5.41, 5.74) is -0.379. The molecule has 2 unspecified atom stereocenters. The normalized spacial score (nSPS) is 29.1. The minimum Gasteiger partial charge on any atom is -0.355 e. The van der Waals surface area contributed by atoms with E-state index in [1.165, 1.54) is 6.20 Å². The molecule has 2 aliphatic heterocycles. The first-order chi connectivity index (χ1) is 14.6. The highest BCUT2D eigenvalue weighted by Gasteiger charge is 2.49. The lowest BCUT2D eigenvalue weighted by Gasteiger charge is -2.45. The molecule has 0 aromatic carbocycles. The van der Waals surface area contributed by atoms with Gasteiger partial charge in [0.25, 0.3) is 0 Å². The van der Waals surface area contributed by atoms with Crippen LogP contribution in [0.15, 0.2) is 12.4 Å². The molecular weight excluding hydrogens is 405 g/mol. The Hall–Kier alpha value is -1.86. The molecule has 3 heterocycles. The Labute approximate surface area is 182 Å². The maximum atomic E-state index is 14.0. The van der Waals surface area contributed by atoms with Gasteiger partial charge in [-0.3, -0.25) is 4.79 Å². The van der Waals surface area contributed by atoms with E-state index >= 15 is 0 Å². The van der Waals surface area contributed by atoms with E-state index in [-0.39, 0.29) is 24.2 Å². The summed E-state index contributed by atoms with van der Waals surface area (Å²) in [6.45, 7) is 6.95. The average Bonchev–Trinajstić information content (AvgIpc) is 2.76. The van der Waals surface area contributed by atoms with Crippen molar-refractivity contribution in [1.82, 2.24) is 14.9 Å². The molecule has 31 heavy (non-hydrogen) atoms. The number of nitrogens with zero attached hydrogens (tertiary/aromatic N) is 4. The number of amides is 1. The quantitative estimate of drug-likeness (QED) is 0.696. The molecule has 3 fully saturated rings. The zero-order valence-corrected chi connectivity index (χ0v) is 18.5. The Kier molecular flexibility index (Phi) is 6.19. The number of halogens is 3. The van der Waals surface area contributed by atoms with Crippen molar-refractivity contribution in [3.05, 3.63) is 18.3 Å². The molecule has 0 radical (unpaired) electrons. The maximum absolute atomic E-state index is 14.0. The number of rotatable bonds is 3. The van der Waals surface area contributed by atoms with Crippen LogP contribution in [0.5, 0.6) is 0 Å². The zero-order valence-electron chi connectivity index (χ0n) is 18.5. The van der Waals surface area contributed by atoms with Gasteiger partial charge in [-0.2, -0.15) is 4.39 Å². The van der Waals surface area contributed by atoms with Crippen LogP contribution in [0.3, 0.4) is 0 Å². The SMILES string of the molecule is CC1(C)CCC(F)(F)CC1C(=O)N1CCC(C2CCCN(c3cnc(F)cn3)C2)CC1. The van der Waals surface area contributed by atoms with Gasteiger partial charge in [0, 0.05) is 44.9 Å². The molecule has 1 saturated carbocycles. The van der Waals surface area contributed by atoms with Gasteiger partial charge < -0.3 is 9.80 Å². The van der Waals surface area contributed by atoms with Crippen LogP contribution in [0.25, 0.3) is 0 Å². The highest BCUT2D eigenvalue weighted by atomic mass is 19.3. The van der Waals surface area contributed by atoms with Crippen LogP contribution < -0.4 is 4.90 Å². The minimum absolute atomic E-state index is 0.0883. The van der Waals surface area contributed by atoms with E-state index in [1.54, 1.807) is 0 Å². The number of anilines is 1. The third-order valence-corrected chi connectivity index (χ3v) is 7.79. The second-order valence-electron chi connectivity index (χ2n) is 10.3. The van der Waals surface area contributed by atoms with E-state index in [1.807, 2.05) is 18.7 Å². The number of aromatic nitrogens is 2. The predicted octanol–water partition coefficient (Wildman–Crippen LogP) is 4.53. The molecule has 172 valence electrons. The molecule has 8 heteroatoms. The third-order valence-electron chi connectivity index (χ3n) is 7.79. The molecule has 5 nitrogen and oxygen atoms in total. The molecule has 3 aliphatic rings. The Bertz CT molecular complexity index is 778. The van der Waals surface area contributed by atoms with Crippen molar-refractivity contribution < 1.29 is 18.0 Å². The second-order valence-corrected chi connectivity index (χ2v) is 10.3. The summed E-state index contributed by atoms with van der Waals surface area (Å²) in [6.07, 6.45) is 6.57. The summed E-state index contributed by atoms with van der Waals surface area (Å²) in [6, 6.07) is 0. The largest absolute Gasteiger partial charge is 0.355 e. The minimum atomic E-state index is -2.73. The van der Waals surface area contributed by atoms with Gasteiger partial charge in [-0.25, -0.2) is 18.7 Å². The zero-order chi connectivity index (χ0) is 22.2. The van der Waals surface area contributed by atoms with Crippen LogP contribution in [-0.4, -0.2) is 52.9 Å². The van der Waals surface area contributed by atoms with E-state index in [0.717, 1.165) is 45.0 Å². The molecule has 2 saturated heterocycles.